The van der Waals surface area contributed by atoms with Gasteiger partial charge in [0.25, 0.3) is 0 Å². The van der Waals surface area contributed by atoms with Gasteiger partial charge in [0.15, 0.2) is 0 Å². The first-order chi connectivity index (χ1) is 12.2. The predicted molar refractivity (Wildman–Crippen MR) is 108 cm³/mol. The van der Waals surface area contributed by atoms with Gasteiger partial charge in [0.05, 0.1) is 21.4 Å². The van der Waals surface area contributed by atoms with Crippen molar-refractivity contribution in [1.82, 2.24) is 9.78 Å². The molecule has 4 rings (SSSR count). The molecule has 0 saturated heterocycles. The topological polar surface area (TPSA) is 29.9 Å². The second-order valence-electron chi connectivity index (χ2n) is 6.02. The molecule has 0 saturated carbocycles. The van der Waals surface area contributed by atoms with Crippen molar-refractivity contribution in [3.8, 4) is 16.9 Å². The smallest absolute Gasteiger partial charge is 0.133 e. The van der Waals surface area contributed by atoms with E-state index >= 15 is 0 Å². The van der Waals surface area contributed by atoms with Crippen molar-refractivity contribution >= 4 is 44.9 Å². The van der Waals surface area contributed by atoms with Gasteiger partial charge in [-0.05, 0) is 37.5 Å². The number of aromatic nitrogens is 2. The van der Waals surface area contributed by atoms with Crippen LogP contribution in [-0.2, 0) is 6.42 Å². The van der Waals surface area contributed by atoms with Crippen molar-refractivity contribution in [2.45, 2.75) is 19.3 Å². The molecule has 2 aromatic carbocycles. The van der Waals surface area contributed by atoms with Crippen LogP contribution in [-0.4, -0.2) is 16.3 Å². The average Bonchev–Trinajstić information content (AvgIpc) is 2.79. The molecule has 2 heterocycles. The number of nitrogens with one attached hydrogen (secondary N) is 1. The molecule has 0 unspecified atom stereocenters. The van der Waals surface area contributed by atoms with Crippen LogP contribution in [0.15, 0.2) is 46.9 Å². The number of rotatable bonds is 2. The fourth-order valence-corrected chi connectivity index (χ4v) is 4.05. The minimum Gasteiger partial charge on any atom is -0.370 e. The fourth-order valence-electron chi connectivity index (χ4n) is 3.20. The highest BCUT2D eigenvalue weighted by Crippen LogP contribution is 2.39. The van der Waals surface area contributed by atoms with Gasteiger partial charge in [-0.3, -0.25) is 0 Å². The van der Waals surface area contributed by atoms with E-state index in [2.05, 4.69) is 27.3 Å². The highest BCUT2D eigenvalue weighted by Gasteiger charge is 2.23. The van der Waals surface area contributed by atoms with Crippen molar-refractivity contribution in [3.63, 3.8) is 0 Å². The number of hydrogen-bond acceptors (Lipinski definition) is 2. The van der Waals surface area contributed by atoms with Crippen LogP contribution in [0.3, 0.4) is 0 Å². The first-order valence-electron chi connectivity index (χ1n) is 8.22. The van der Waals surface area contributed by atoms with Crippen LogP contribution in [0.25, 0.3) is 16.9 Å². The van der Waals surface area contributed by atoms with Gasteiger partial charge in [-0.15, -0.1) is 0 Å². The van der Waals surface area contributed by atoms with E-state index in [-0.39, 0.29) is 0 Å². The highest BCUT2D eigenvalue weighted by molar-refractivity contribution is 9.10. The average molecular weight is 437 g/mol. The largest absolute Gasteiger partial charge is 0.370 e. The van der Waals surface area contributed by atoms with E-state index in [0.717, 1.165) is 53.0 Å². The summed E-state index contributed by atoms with van der Waals surface area (Å²) in [5, 5.41) is 9.49. The zero-order chi connectivity index (χ0) is 17.4. The van der Waals surface area contributed by atoms with Gasteiger partial charge in [-0.1, -0.05) is 63.4 Å². The molecule has 25 heavy (non-hydrogen) atoms. The normalized spacial score (nSPS) is 13.9. The van der Waals surface area contributed by atoms with Crippen molar-refractivity contribution in [3.05, 3.63) is 62.5 Å². The van der Waals surface area contributed by atoms with Crippen LogP contribution in [0, 0.1) is 0 Å². The molecule has 1 aliphatic rings. The van der Waals surface area contributed by atoms with Crippen molar-refractivity contribution < 1.29 is 0 Å². The Morgan fingerprint density at radius 1 is 1.04 bits per heavy atom. The molecule has 0 fully saturated rings. The Balaban J connectivity index is 1.97. The van der Waals surface area contributed by atoms with Crippen LogP contribution >= 0.6 is 39.1 Å². The third-order valence-electron chi connectivity index (χ3n) is 4.42. The van der Waals surface area contributed by atoms with Crippen LogP contribution in [0.4, 0.5) is 5.82 Å². The third kappa shape index (κ3) is 3.07. The summed E-state index contributed by atoms with van der Waals surface area (Å²) < 4.78 is 2.92. The highest BCUT2D eigenvalue weighted by atomic mass is 79.9. The molecule has 3 nitrogen and oxygen atoms in total. The lowest BCUT2D eigenvalue weighted by Crippen LogP contribution is -2.07. The fraction of sp³-hybridized carbons (Fsp3) is 0.211. The van der Waals surface area contributed by atoms with E-state index in [9.17, 15) is 0 Å². The maximum absolute atomic E-state index is 6.47. The molecular formula is C19H16BrCl2N3. The summed E-state index contributed by atoms with van der Waals surface area (Å²) in [6, 6.07) is 13.8. The number of anilines is 1. The molecule has 3 aromatic rings. The van der Waals surface area contributed by atoms with Crippen molar-refractivity contribution in [2.75, 3.05) is 11.9 Å². The summed E-state index contributed by atoms with van der Waals surface area (Å²) in [7, 11) is 0. The third-order valence-corrected chi connectivity index (χ3v) is 5.92. The van der Waals surface area contributed by atoms with Crippen LogP contribution < -0.4 is 5.32 Å². The monoisotopic (exact) mass is 435 g/mol. The van der Waals surface area contributed by atoms with E-state index in [4.69, 9.17) is 28.3 Å². The van der Waals surface area contributed by atoms with E-state index in [1.54, 1.807) is 6.07 Å². The summed E-state index contributed by atoms with van der Waals surface area (Å²) in [5.41, 5.74) is 4.07. The van der Waals surface area contributed by atoms with Crippen LogP contribution in [0.1, 0.15) is 18.4 Å². The summed E-state index contributed by atoms with van der Waals surface area (Å²) in [6.07, 6.45) is 3.25. The van der Waals surface area contributed by atoms with Gasteiger partial charge >= 0.3 is 0 Å². The molecular weight excluding hydrogens is 421 g/mol. The summed E-state index contributed by atoms with van der Waals surface area (Å²) >= 11 is 16.4. The predicted octanol–water partition coefficient (Wildman–Crippen LogP) is 6.36. The SMILES string of the molecule is Clc1cccc(-n2nc(-c3ccccc3Br)c3c2NCCCC3)c1Cl. The van der Waals surface area contributed by atoms with Gasteiger partial charge in [-0.2, -0.15) is 5.10 Å². The standard InChI is InChI=1S/C19H16BrCl2N3/c20-14-8-2-1-6-12(14)18-13-7-3-4-11-23-19(13)25(24-18)16-10-5-9-15(21)17(16)22/h1-2,5-6,8-10,23H,3-4,7,11H2. The van der Waals surface area contributed by atoms with Crippen LogP contribution in [0.5, 0.6) is 0 Å². The van der Waals surface area contributed by atoms with Crippen molar-refractivity contribution in [1.29, 1.82) is 0 Å². The van der Waals surface area contributed by atoms with E-state index in [1.165, 1.54) is 5.56 Å². The number of hydrogen-bond donors (Lipinski definition) is 1. The first kappa shape index (κ1) is 17.0. The molecule has 0 radical (unpaired) electrons. The van der Waals surface area contributed by atoms with Gasteiger partial charge < -0.3 is 5.32 Å². The second kappa shape index (κ2) is 7.02. The van der Waals surface area contributed by atoms with E-state index in [1.807, 2.05) is 35.0 Å². The first-order valence-corrected chi connectivity index (χ1v) is 9.77. The summed E-state index contributed by atoms with van der Waals surface area (Å²) in [4.78, 5) is 0. The Kier molecular flexibility index (Phi) is 4.76. The Bertz CT molecular complexity index is 936. The Hall–Kier alpha value is -1.49. The maximum atomic E-state index is 6.47. The lowest BCUT2D eigenvalue weighted by Gasteiger charge is -2.11. The Labute approximate surface area is 165 Å². The Morgan fingerprint density at radius 2 is 1.88 bits per heavy atom. The summed E-state index contributed by atoms with van der Waals surface area (Å²) in [5.74, 6) is 1.01. The number of nitrogens with zero attached hydrogens (tertiary/aromatic N) is 2. The zero-order valence-electron chi connectivity index (χ0n) is 13.4. The number of fused-ring (bicyclic) bond motifs is 1. The number of halogens is 3. The molecule has 0 aliphatic carbocycles. The molecule has 0 atom stereocenters. The summed E-state index contributed by atoms with van der Waals surface area (Å²) in [6.45, 7) is 0.923. The molecule has 1 aromatic heterocycles. The lowest BCUT2D eigenvalue weighted by atomic mass is 10.0. The van der Waals surface area contributed by atoms with Gasteiger partial charge in [0.2, 0.25) is 0 Å². The molecule has 0 amide bonds. The molecule has 0 spiro atoms. The quantitative estimate of drug-likeness (QED) is 0.506. The zero-order valence-corrected chi connectivity index (χ0v) is 16.5. The van der Waals surface area contributed by atoms with E-state index < -0.39 is 0 Å². The Morgan fingerprint density at radius 3 is 2.72 bits per heavy atom. The molecule has 1 N–H and O–H groups in total. The molecule has 1 aliphatic heterocycles. The van der Waals surface area contributed by atoms with Gasteiger partial charge in [-0.25, -0.2) is 4.68 Å². The maximum Gasteiger partial charge on any atom is 0.133 e. The minimum absolute atomic E-state index is 0.513. The van der Waals surface area contributed by atoms with Crippen LogP contribution in [0.2, 0.25) is 10.0 Å². The van der Waals surface area contributed by atoms with Gasteiger partial charge in [0, 0.05) is 22.1 Å². The van der Waals surface area contributed by atoms with Gasteiger partial charge in [0.1, 0.15) is 5.82 Å². The minimum atomic E-state index is 0.513. The second-order valence-corrected chi connectivity index (χ2v) is 7.66. The molecule has 0 bridgehead atoms. The lowest BCUT2D eigenvalue weighted by molar-refractivity contribution is 0.780. The van der Waals surface area contributed by atoms with E-state index in [0.29, 0.717) is 10.0 Å². The molecule has 6 heteroatoms. The molecule has 128 valence electrons. The van der Waals surface area contributed by atoms with Crippen molar-refractivity contribution in [2.24, 2.45) is 0 Å². The number of benzene rings is 2.